The molecule has 1 aliphatic heterocycles. The number of nitrogens with one attached hydrogen (secondary N) is 2. The Morgan fingerprint density at radius 3 is 2.56 bits per heavy atom. The highest BCUT2D eigenvalue weighted by atomic mass is 35.5. The fraction of sp³-hybridized carbons (Fsp3) is 0.417. The van der Waals surface area contributed by atoms with Crippen molar-refractivity contribution in [3.63, 3.8) is 0 Å². The lowest BCUT2D eigenvalue weighted by atomic mass is 10.2. The third-order valence-corrected chi connectivity index (χ3v) is 2.57. The molecule has 2 N–H and O–H groups in total. The van der Waals surface area contributed by atoms with Crippen LogP contribution in [0.5, 0.6) is 5.75 Å². The highest BCUT2D eigenvalue weighted by Gasteiger charge is 2.18. The molecule has 1 aromatic carbocycles. The molecular weight excluding hydrogens is 256 g/mol. The summed E-state index contributed by atoms with van der Waals surface area (Å²) in [5.74, 6) is 0.627. The van der Waals surface area contributed by atoms with Gasteiger partial charge in [0.15, 0.2) is 0 Å². The van der Waals surface area contributed by atoms with Crippen molar-refractivity contribution in [1.29, 1.82) is 0 Å². The van der Waals surface area contributed by atoms with Gasteiger partial charge in [-0.05, 0) is 24.3 Å². The quantitative estimate of drug-likeness (QED) is 0.841. The Balaban J connectivity index is 0.00000162. The van der Waals surface area contributed by atoms with Gasteiger partial charge in [-0.3, -0.25) is 4.79 Å². The fourth-order valence-corrected chi connectivity index (χ4v) is 1.45. The van der Waals surface area contributed by atoms with Gasteiger partial charge in [-0.15, -0.1) is 12.4 Å². The molecule has 100 valence electrons. The van der Waals surface area contributed by atoms with Crippen LogP contribution in [0.15, 0.2) is 24.3 Å². The Morgan fingerprint density at radius 1 is 1.39 bits per heavy atom. The van der Waals surface area contributed by atoms with Gasteiger partial charge < -0.3 is 20.1 Å². The van der Waals surface area contributed by atoms with Crippen molar-refractivity contribution in [1.82, 2.24) is 5.32 Å². The van der Waals surface area contributed by atoms with Gasteiger partial charge in [-0.2, -0.15) is 0 Å². The molecule has 0 bridgehead atoms. The van der Waals surface area contributed by atoms with Gasteiger partial charge >= 0.3 is 0 Å². The van der Waals surface area contributed by atoms with Crippen LogP contribution in [-0.2, 0) is 9.53 Å². The van der Waals surface area contributed by atoms with Crippen molar-refractivity contribution >= 4 is 24.0 Å². The van der Waals surface area contributed by atoms with E-state index in [1.165, 1.54) is 0 Å². The molecular formula is C12H17ClN2O3. The summed E-state index contributed by atoms with van der Waals surface area (Å²) in [6.45, 7) is 1.75. The average Bonchev–Trinajstić information content (AvgIpc) is 2.28. The van der Waals surface area contributed by atoms with E-state index in [9.17, 15) is 4.79 Å². The minimum Gasteiger partial charge on any atom is -0.497 e. The van der Waals surface area contributed by atoms with Crippen LogP contribution in [0.4, 0.5) is 5.69 Å². The van der Waals surface area contributed by atoms with E-state index in [0.29, 0.717) is 0 Å². The summed E-state index contributed by atoms with van der Waals surface area (Å²) in [4.78, 5) is 11.5. The first kappa shape index (κ1) is 14.8. The highest BCUT2D eigenvalue weighted by molar-refractivity contribution is 5.91. The Morgan fingerprint density at radius 2 is 2.06 bits per heavy atom. The lowest BCUT2D eigenvalue weighted by Crippen LogP contribution is -2.49. The Bertz CT molecular complexity index is 379. The van der Waals surface area contributed by atoms with Gasteiger partial charge in [-0.25, -0.2) is 0 Å². The molecule has 1 heterocycles. The van der Waals surface area contributed by atoms with E-state index in [1.807, 2.05) is 0 Å². The van der Waals surface area contributed by atoms with Gasteiger partial charge in [-0.1, -0.05) is 0 Å². The molecule has 0 unspecified atom stereocenters. The number of hydrogen-bond acceptors (Lipinski definition) is 4. The minimum absolute atomic E-state index is 0. The minimum atomic E-state index is -0.137. The molecule has 1 aromatic rings. The summed E-state index contributed by atoms with van der Waals surface area (Å²) in [6, 6.07) is 7.18. The van der Waals surface area contributed by atoms with E-state index in [1.54, 1.807) is 31.4 Å². The highest BCUT2D eigenvalue weighted by Crippen LogP contribution is 2.14. The maximum absolute atomic E-state index is 11.5. The molecule has 0 atom stereocenters. The van der Waals surface area contributed by atoms with E-state index < -0.39 is 0 Å². The van der Waals surface area contributed by atoms with E-state index in [0.717, 1.165) is 24.5 Å². The second-order valence-electron chi connectivity index (χ2n) is 3.87. The molecule has 0 spiro atoms. The van der Waals surface area contributed by atoms with Crippen LogP contribution in [0.1, 0.15) is 0 Å². The number of amides is 1. The summed E-state index contributed by atoms with van der Waals surface area (Å²) >= 11 is 0. The van der Waals surface area contributed by atoms with Gasteiger partial charge in [0.25, 0.3) is 0 Å². The molecule has 5 nitrogen and oxygen atoms in total. The zero-order valence-corrected chi connectivity index (χ0v) is 11.0. The number of carbonyl (C=O) groups excluding carboxylic acids is 1. The SMILES string of the molecule is COc1ccc(NC(=O)COC2CNC2)cc1.Cl. The van der Waals surface area contributed by atoms with Crippen molar-refractivity contribution in [3.8, 4) is 5.75 Å². The van der Waals surface area contributed by atoms with E-state index in [4.69, 9.17) is 9.47 Å². The van der Waals surface area contributed by atoms with Crippen LogP contribution < -0.4 is 15.4 Å². The Kier molecular flexibility index (Phi) is 5.91. The van der Waals surface area contributed by atoms with Crippen LogP contribution in [0.2, 0.25) is 0 Å². The monoisotopic (exact) mass is 272 g/mol. The molecule has 1 fully saturated rings. The lowest BCUT2D eigenvalue weighted by molar-refractivity contribution is -0.123. The van der Waals surface area contributed by atoms with E-state index in [-0.39, 0.29) is 31.0 Å². The summed E-state index contributed by atoms with van der Waals surface area (Å²) in [7, 11) is 1.61. The van der Waals surface area contributed by atoms with Crippen LogP contribution in [-0.4, -0.2) is 38.8 Å². The average molecular weight is 273 g/mol. The second-order valence-corrected chi connectivity index (χ2v) is 3.87. The lowest BCUT2D eigenvalue weighted by Gasteiger charge is -2.26. The van der Waals surface area contributed by atoms with Gasteiger partial charge in [0, 0.05) is 18.8 Å². The number of ether oxygens (including phenoxy) is 2. The maximum atomic E-state index is 11.5. The van der Waals surface area contributed by atoms with Crippen LogP contribution in [0, 0.1) is 0 Å². The van der Waals surface area contributed by atoms with Crippen molar-refractivity contribution < 1.29 is 14.3 Å². The normalized spacial score (nSPS) is 14.3. The summed E-state index contributed by atoms with van der Waals surface area (Å²) in [6.07, 6.45) is 0.177. The van der Waals surface area contributed by atoms with Gasteiger partial charge in [0.2, 0.25) is 5.91 Å². The molecule has 2 rings (SSSR count). The standard InChI is InChI=1S/C12H16N2O3.ClH/c1-16-10-4-2-9(3-5-10)14-12(15)8-17-11-6-13-7-11;/h2-5,11,13H,6-8H2,1H3,(H,14,15);1H. The smallest absolute Gasteiger partial charge is 0.250 e. The number of anilines is 1. The van der Waals surface area contributed by atoms with Crippen molar-refractivity contribution in [2.75, 3.05) is 32.1 Å². The zero-order valence-electron chi connectivity index (χ0n) is 10.1. The number of halogens is 1. The first-order valence-corrected chi connectivity index (χ1v) is 5.54. The predicted molar refractivity (Wildman–Crippen MR) is 71.5 cm³/mol. The van der Waals surface area contributed by atoms with Crippen molar-refractivity contribution in [3.05, 3.63) is 24.3 Å². The molecule has 6 heteroatoms. The second kappa shape index (κ2) is 7.20. The third-order valence-electron chi connectivity index (χ3n) is 2.57. The first-order chi connectivity index (χ1) is 8.28. The molecule has 0 saturated carbocycles. The summed E-state index contributed by atoms with van der Waals surface area (Å²) < 4.78 is 10.4. The Hall–Kier alpha value is -1.30. The van der Waals surface area contributed by atoms with Crippen LogP contribution in [0.25, 0.3) is 0 Å². The number of rotatable bonds is 5. The summed E-state index contributed by atoms with van der Waals surface area (Å²) in [5.41, 5.74) is 0.742. The van der Waals surface area contributed by atoms with Crippen molar-refractivity contribution in [2.24, 2.45) is 0 Å². The fourth-order valence-electron chi connectivity index (χ4n) is 1.45. The molecule has 0 aromatic heterocycles. The largest absolute Gasteiger partial charge is 0.497 e. The number of hydrogen-bond donors (Lipinski definition) is 2. The number of benzene rings is 1. The van der Waals surface area contributed by atoms with Crippen LogP contribution in [0.3, 0.4) is 0 Å². The first-order valence-electron chi connectivity index (χ1n) is 5.54. The Labute approximate surface area is 112 Å². The number of methoxy groups -OCH3 is 1. The van der Waals surface area contributed by atoms with E-state index >= 15 is 0 Å². The van der Waals surface area contributed by atoms with Crippen molar-refractivity contribution in [2.45, 2.75) is 6.10 Å². The molecule has 1 amide bonds. The van der Waals surface area contributed by atoms with Gasteiger partial charge in [0.1, 0.15) is 12.4 Å². The van der Waals surface area contributed by atoms with E-state index in [2.05, 4.69) is 10.6 Å². The maximum Gasteiger partial charge on any atom is 0.250 e. The molecule has 1 saturated heterocycles. The topological polar surface area (TPSA) is 59.6 Å². The van der Waals surface area contributed by atoms with Crippen LogP contribution >= 0.6 is 12.4 Å². The summed E-state index contributed by atoms with van der Waals surface area (Å²) in [5, 5.41) is 5.83. The molecule has 1 aliphatic rings. The predicted octanol–water partition coefficient (Wildman–Crippen LogP) is 1.04. The third kappa shape index (κ3) is 4.18. The number of carbonyl (C=O) groups is 1. The molecule has 0 radical (unpaired) electrons. The van der Waals surface area contributed by atoms with Gasteiger partial charge in [0.05, 0.1) is 13.2 Å². The molecule has 0 aliphatic carbocycles. The zero-order chi connectivity index (χ0) is 12.1. The molecule has 18 heavy (non-hydrogen) atoms.